The summed E-state index contributed by atoms with van der Waals surface area (Å²) in [5.74, 6) is 2.49. The van der Waals surface area contributed by atoms with Gasteiger partial charge < -0.3 is 9.30 Å². The molecule has 0 radical (unpaired) electrons. The molecule has 2 heterocycles. The highest BCUT2D eigenvalue weighted by atomic mass is 35.5. The van der Waals surface area contributed by atoms with Crippen LogP contribution in [0.2, 0.25) is 0 Å². The quantitative estimate of drug-likeness (QED) is 0.802. The second kappa shape index (κ2) is 5.29. The number of aryl methyl sites for hydroxylation is 2. The molecule has 0 bridgehead atoms. The fraction of sp³-hybridized carbons (Fsp3) is 0.588. The molecule has 3 nitrogen and oxygen atoms in total. The van der Waals surface area contributed by atoms with E-state index in [0.717, 1.165) is 36.7 Å². The van der Waals surface area contributed by atoms with Crippen LogP contribution in [0.3, 0.4) is 0 Å². The predicted molar refractivity (Wildman–Crippen MR) is 85.0 cm³/mol. The summed E-state index contributed by atoms with van der Waals surface area (Å²) in [5, 5.41) is 0. The molecule has 2 atom stereocenters. The summed E-state index contributed by atoms with van der Waals surface area (Å²) in [6.45, 7) is 3.01. The number of imidazole rings is 1. The molecule has 4 heteroatoms. The van der Waals surface area contributed by atoms with E-state index >= 15 is 0 Å². The van der Waals surface area contributed by atoms with Gasteiger partial charge in [-0.1, -0.05) is 6.07 Å². The van der Waals surface area contributed by atoms with Gasteiger partial charge in [-0.2, -0.15) is 0 Å². The first kappa shape index (κ1) is 13.6. The summed E-state index contributed by atoms with van der Waals surface area (Å²) < 4.78 is 8.48. The lowest BCUT2D eigenvalue weighted by atomic mass is 10.1. The first-order valence-electron chi connectivity index (χ1n) is 7.93. The van der Waals surface area contributed by atoms with E-state index in [4.69, 9.17) is 21.3 Å². The van der Waals surface area contributed by atoms with Crippen LogP contribution in [0.15, 0.2) is 18.2 Å². The van der Waals surface area contributed by atoms with Crippen molar-refractivity contribution in [3.8, 4) is 0 Å². The van der Waals surface area contributed by atoms with Crippen molar-refractivity contribution in [2.75, 3.05) is 12.5 Å². The van der Waals surface area contributed by atoms with Gasteiger partial charge in [-0.25, -0.2) is 4.98 Å². The van der Waals surface area contributed by atoms with Gasteiger partial charge in [0.25, 0.3) is 0 Å². The molecule has 1 aromatic carbocycles. The Bertz CT molecular complexity index is 662. The standard InChI is InChI=1S/C17H21ClN2O/c1-11-2-5-13-15(10-11)20(16(19-13)6-8-18)14-7-9-21-17(14)12-3-4-12/h2,5,10,12,14,17H,3-4,6-9H2,1H3. The Morgan fingerprint density at radius 3 is 2.95 bits per heavy atom. The third-order valence-corrected chi connectivity index (χ3v) is 4.95. The first-order chi connectivity index (χ1) is 10.3. The van der Waals surface area contributed by atoms with Crippen molar-refractivity contribution >= 4 is 22.6 Å². The van der Waals surface area contributed by atoms with Crippen molar-refractivity contribution in [3.63, 3.8) is 0 Å². The monoisotopic (exact) mass is 304 g/mol. The molecule has 0 amide bonds. The summed E-state index contributed by atoms with van der Waals surface area (Å²) in [6.07, 6.45) is 4.92. The second-order valence-electron chi connectivity index (χ2n) is 6.36. The fourth-order valence-corrected chi connectivity index (χ4v) is 3.80. The maximum atomic E-state index is 6.04. The summed E-state index contributed by atoms with van der Waals surface area (Å²) >= 11 is 6.00. The summed E-state index contributed by atoms with van der Waals surface area (Å²) in [5.41, 5.74) is 3.61. The Morgan fingerprint density at radius 1 is 1.33 bits per heavy atom. The number of ether oxygens (including phenoxy) is 1. The van der Waals surface area contributed by atoms with Crippen LogP contribution < -0.4 is 0 Å². The number of benzene rings is 1. The Hall–Kier alpha value is -1.06. The SMILES string of the molecule is Cc1ccc2nc(CCCl)n(C3CCOC3C3CC3)c2c1. The number of hydrogen-bond donors (Lipinski definition) is 0. The molecule has 112 valence electrons. The largest absolute Gasteiger partial charge is 0.376 e. The van der Waals surface area contributed by atoms with Gasteiger partial charge in [0.05, 0.1) is 23.2 Å². The minimum Gasteiger partial charge on any atom is -0.376 e. The molecule has 1 saturated carbocycles. The van der Waals surface area contributed by atoms with Crippen molar-refractivity contribution < 1.29 is 4.74 Å². The van der Waals surface area contributed by atoms with Gasteiger partial charge in [-0.15, -0.1) is 11.6 Å². The maximum absolute atomic E-state index is 6.04. The van der Waals surface area contributed by atoms with E-state index in [1.165, 1.54) is 23.9 Å². The van der Waals surface area contributed by atoms with Crippen LogP contribution in [0.4, 0.5) is 0 Å². The molecule has 1 aliphatic carbocycles. The van der Waals surface area contributed by atoms with E-state index in [0.29, 0.717) is 18.0 Å². The number of rotatable bonds is 4. The smallest absolute Gasteiger partial charge is 0.111 e. The van der Waals surface area contributed by atoms with Crippen molar-refractivity contribution in [1.29, 1.82) is 0 Å². The zero-order chi connectivity index (χ0) is 14.4. The Kier molecular flexibility index (Phi) is 3.43. The predicted octanol–water partition coefficient (Wildman–Crippen LogP) is 3.87. The number of halogens is 1. The number of nitrogens with zero attached hydrogens (tertiary/aromatic N) is 2. The minimum atomic E-state index is 0.372. The van der Waals surface area contributed by atoms with Crippen LogP contribution >= 0.6 is 11.6 Å². The van der Waals surface area contributed by atoms with Crippen molar-refractivity contribution in [2.24, 2.45) is 5.92 Å². The Balaban J connectivity index is 1.84. The highest BCUT2D eigenvalue weighted by Crippen LogP contribution is 2.44. The normalized spacial score (nSPS) is 25.8. The van der Waals surface area contributed by atoms with Gasteiger partial charge in [0.15, 0.2) is 0 Å². The molecule has 21 heavy (non-hydrogen) atoms. The topological polar surface area (TPSA) is 27.1 Å². The summed E-state index contributed by atoms with van der Waals surface area (Å²) in [7, 11) is 0. The zero-order valence-corrected chi connectivity index (χ0v) is 13.1. The van der Waals surface area contributed by atoms with E-state index in [1.54, 1.807) is 0 Å². The van der Waals surface area contributed by atoms with Gasteiger partial charge in [0.1, 0.15) is 5.82 Å². The van der Waals surface area contributed by atoms with E-state index in [-0.39, 0.29) is 0 Å². The Labute approximate surface area is 130 Å². The third-order valence-electron chi connectivity index (χ3n) is 4.76. The minimum absolute atomic E-state index is 0.372. The summed E-state index contributed by atoms with van der Waals surface area (Å²) in [4.78, 5) is 4.83. The molecule has 1 aromatic heterocycles. The molecule has 0 N–H and O–H groups in total. The third kappa shape index (κ3) is 2.36. The highest BCUT2D eigenvalue weighted by molar-refractivity contribution is 6.17. The lowest BCUT2D eigenvalue weighted by Crippen LogP contribution is -2.23. The average Bonchev–Trinajstić information content (AvgIpc) is 3.10. The molecular weight excluding hydrogens is 284 g/mol. The molecule has 2 unspecified atom stereocenters. The molecule has 1 saturated heterocycles. The van der Waals surface area contributed by atoms with E-state index in [9.17, 15) is 0 Å². The van der Waals surface area contributed by atoms with Crippen LogP contribution in [0.5, 0.6) is 0 Å². The van der Waals surface area contributed by atoms with Crippen LogP contribution in [0, 0.1) is 12.8 Å². The molecule has 1 aliphatic heterocycles. The lowest BCUT2D eigenvalue weighted by molar-refractivity contribution is 0.0753. The van der Waals surface area contributed by atoms with Crippen molar-refractivity contribution in [2.45, 2.75) is 44.8 Å². The van der Waals surface area contributed by atoms with Gasteiger partial charge in [-0.3, -0.25) is 0 Å². The van der Waals surface area contributed by atoms with Crippen molar-refractivity contribution in [3.05, 3.63) is 29.6 Å². The number of aromatic nitrogens is 2. The molecule has 2 fully saturated rings. The molecular formula is C17H21ClN2O. The van der Waals surface area contributed by atoms with Crippen LogP contribution in [-0.4, -0.2) is 28.1 Å². The maximum Gasteiger partial charge on any atom is 0.111 e. The average molecular weight is 305 g/mol. The highest BCUT2D eigenvalue weighted by Gasteiger charge is 2.42. The van der Waals surface area contributed by atoms with Crippen molar-refractivity contribution in [1.82, 2.24) is 9.55 Å². The van der Waals surface area contributed by atoms with E-state index in [2.05, 4.69) is 29.7 Å². The van der Waals surface area contributed by atoms with E-state index < -0.39 is 0 Å². The number of hydrogen-bond acceptors (Lipinski definition) is 2. The van der Waals surface area contributed by atoms with Gasteiger partial charge in [-0.05, 0) is 49.8 Å². The molecule has 2 aliphatic rings. The first-order valence-corrected chi connectivity index (χ1v) is 8.46. The van der Waals surface area contributed by atoms with Crippen LogP contribution in [0.25, 0.3) is 11.0 Å². The van der Waals surface area contributed by atoms with Gasteiger partial charge in [0.2, 0.25) is 0 Å². The van der Waals surface area contributed by atoms with Gasteiger partial charge >= 0.3 is 0 Å². The van der Waals surface area contributed by atoms with Crippen LogP contribution in [-0.2, 0) is 11.2 Å². The number of alkyl halides is 1. The van der Waals surface area contributed by atoms with Gasteiger partial charge in [0, 0.05) is 18.9 Å². The zero-order valence-electron chi connectivity index (χ0n) is 12.4. The second-order valence-corrected chi connectivity index (χ2v) is 6.74. The molecule has 0 spiro atoms. The van der Waals surface area contributed by atoms with Crippen LogP contribution in [0.1, 0.15) is 36.7 Å². The lowest BCUT2D eigenvalue weighted by Gasteiger charge is -2.22. The number of fused-ring (bicyclic) bond motifs is 1. The summed E-state index contributed by atoms with van der Waals surface area (Å²) in [6, 6.07) is 6.94. The Morgan fingerprint density at radius 2 is 2.19 bits per heavy atom. The molecule has 4 rings (SSSR count). The molecule has 2 aromatic rings. The fourth-order valence-electron chi connectivity index (χ4n) is 3.64. The van der Waals surface area contributed by atoms with E-state index in [1.807, 2.05) is 0 Å².